The summed E-state index contributed by atoms with van der Waals surface area (Å²) in [4.78, 5) is 23.7. The van der Waals surface area contributed by atoms with Crippen LogP contribution in [0.2, 0.25) is 0 Å². The second-order valence-electron chi connectivity index (χ2n) is 8.42. The summed E-state index contributed by atoms with van der Waals surface area (Å²) in [6, 6.07) is 0. The average Bonchev–Trinajstić information content (AvgIpc) is 2.65. The van der Waals surface area contributed by atoms with Crippen molar-refractivity contribution in [1.29, 1.82) is 0 Å². The van der Waals surface area contributed by atoms with Gasteiger partial charge >= 0.3 is 11.9 Å². The average molecular weight is 407 g/mol. The van der Waals surface area contributed by atoms with Gasteiger partial charge < -0.3 is 9.47 Å². The van der Waals surface area contributed by atoms with Crippen LogP contribution in [0, 0.1) is 23.7 Å². The Labute approximate surface area is 178 Å². The number of hydrogen-bond donors (Lipinski definition) is 0. The molecule has 0 rings (SSSR count). The molecular weight excluding hydrogens is 364 g/mol. The molecule has 0 N–H and O–H groups in total. The van der Waals surface area contributed by atoms with Gasteiger partial charge in [-0.3, -0.25) is 9.59 Å². The minimum atomic E-state index is -0.352. The van der Waals surface area contributed by atoms with E-state index in [1.165, 1.54) is 0 Å². The van der Waals surface area contributed by atoms with Crippen LogP contribution in [-0.4, -0.2) is 24.6 Å². The highest BCUT2D eigenvalue weighted by atomic mass is 16.5. The van der Waals surface area contributed by atoms with Gasteiger partial charge in [0.05, 0.1) is 6.61 Å². The van der Waals surface area contributed by atoms with Crippen LogP contribution in [0.4, 0.5) is 0 Å². The summed E-state index contributed by atoms with van der Waals surface area (Å²) in [5, 5.41) is 0. The summed E-state index contributed by atoms with van der Waals surface area (Å²) in [7, 11) is 0. The van der Waals surface area contributed by atoms with E-state index in [9.17, 15) is 9.59 Å². The minimum absolute atomic E-state index is 0.0944. The van der Waals surface area contributed by atoms with Gasteiger partial charge in [0.25, 0.3) is 0 Å². The summed E-state index contributed by atoms with van der Waals surface area (Å²) in [6.07, 6.45) is 8.48. The molecule has 4 heteroatoms. The molecule has 0 aromatic rings. The van der Waals surface area contributed by atoms with Crippen molar-refractivity contribution in [3.05, 3.63) is 12.2 Å². The molecule has 0 aliphatic carbocycles. The summed E-state index contributed by atoms with van der Waals surface area (Å²) in [5.41, 5.74) is 0.780. The number of carbonyl (C=O) groups excluding carboxylic acids is 2. The van der Waals surface area contributed by atoms with Crippen molar-refractivity contribution in [3.63, 3.8) is 0 Å². The molecule has 166 valence electrons. The van der Waals surface area contributed by atoms with Crippen LogP contribution in [0.3, 0.4) is 0 Å². The molecule has 0 fully saturated rings. The van der Waals surface area contributed by atoms with E-state index in [0.717, 1.165) is 56.9 Å². The highest BCUT2D eigenvalue weighted by Crippen LogP contribution is 2.16. The van der Waals surface area contributed by atoms with Gasteiger partial charge in [0, 0.05) is 18.8 Å². The Bertz CT molecular complexity index is 539. The van der Waals surface area contributed by atoms with Gasteiger partial charge in [0.1, 0.15) is 0 Å². The highest BCUT2D eigenvalue weighted by Gasteiger charge is 2.18. The quantitative estimate of drug-likeness (QED) is 0.184. The SMILES string of the molecule is C=C(C)C#CC(OC(=O)CCCCCCCCC(=O)OCC(C)C)C(C)CCC. The van der Waals surface area contributed by atoms with Gasteiger partial charge in [0.2, 0.25) is 0 Å². The first kappa shape index (κ1) is 27.2. The van der Waals surface area contributed by atoms with Gasteiger partial charge in [-0.25, -0.2) is 0 Å². The lowest BCUT2D eigenvalue weighted by molar-refractivity contribution is -0.148. The molecule has 0 aromatic carbocycles. The van der Waals surface area contributed by atoms with Crippen LogP contribution >= 0.6 is 0 Å². The topological polar surface area (TPSA) is 52.6 Å². The van der Waals surface area contributed by atoms with Crippen molar-refractivity contribution in [3.8, 4) is 11.8 Å². The third-order valence-electron chi connectivity index (χ3n) is 4.54. The first-order valence-electron chi connectivity index (χ1n) is 11.3. The predicted octanol–water partition coefficient (Wildman–Crippen LogP) is 6.23. The van der Waals surface area contributed by atoms with E-state index >= 15 is 0 Å². The molecular formula is C25H42O4. The second kappa shape index (κ2) is 17.1. The third-order valence-corrected chi connectivity index (χ3v) is 4.54. The molecule has 0 aliphatic rings. The van der Waals surface area contributed by atoms with E-state index in [2.05, 4.69) is 32.3 Å². The van der Waals surface area contributed by atoms with Gasteiger partial charge in [-0.2, -0.15) is 0 Å². The number of rotatable bonds is 15. The largest absolute Gasteiger partial charge is 0.465 e. The van der Waals surface area contributed by atoms with Crippen molar-refractivity contribution in [2.24, 2.45) is 11.8 Å². The summed E-state index contributed by atoms with van der Waals surface area (Å²) in [5.74, 6) is 6.35. The first-order chi connectivity index (χ1) is 13.8. The maximum Gasteiger partial charge on any atom is 0.307 e. The first-order valence-corrected chi connectivity index (χ1v) is 11.3. The molecule has 0 saturated heterocycles. The van der Waals surface area contributed by atoms with Crippen LogP contribution in [0.25, 0.3) is 0 Å². The fourth-order valence-corrected chi connectivity index (χ4v) is 2.87. The van der Waals surface area contributed by atoms with Crippen LogP contribution < -0.4 is 0 Å². The number of carbonyl (C=O) groups is 2. The fraction of sp³-hybridized carbons (Fsp3) is 0.760. The Hall–Kier alpha value is -1.76. The molecule has 0 spiro atoms. The second-order valence-corrected chi connectivity index (χ2v) is 8.42. The molecule has 29 heavy (non-hydrogen) atoms. The van der Waals surface area contributed by atoms with Crippen LogP contribution in [-0.2, 0) is 19.1 Å². The van der Waals surface area contributed by atoms with E-state index in [4.69, 9.17) is 9.47 Å². The maximum atomic E-state index is 12.2. The molecule has 0 aromatic heterocycles. The van der Waals surface area contributed by atoms with Crippen molar-refractivity contribution >= 4 is 11.9 Å². The number of unbranched alkanes of at least 4 members (excludes halogenated alkanes) is 5. The third kappa shape index (κ3) is 16.9. The molecule has 2 atom stereocenters. The number of ether oxygens (including phenoxy) is 2. The summed E-state index contributed by atoms with van der Waals surface area (Å²) < 4.78 is 10.8. The lowest BCUT2D eigenvalue weighted by atomic mass is 9.99. The lowest BCUT2D eigenvalue weighted by Crippen LogP contribution is -2.24. The molecule has 0 heterocycles. The van der Waals surface area contributed by atoms with Crippen LogP contribution in [0.15, 0.2) is 12.2 Å². The predicted molar refractivity (Wildman–Crippen MR) is 119 cm³/mol. The van der Waals surface area contributed by atoms with E-state index in [1.807, 2.05) is 20.8 Å². The van der Waals surface area contributed by atoms with Crippen molar-refractivity contribution in [2.45, 2.75) is 105 Å². The molecule has 0 aliphatic heterocycles. The molecule has 0 radical (unpaired) electrons. The zero-order chi connectivity index (χ0) is 22.1. The Kier molecular flexibility index (Phi) is 16.1. The van der Waals surface area contributed by atoms with Crippen LogP contribution in [0.1, 0.15) is 98.8 Å². The van der Waals surface area contributed by atoms with Crippen molar-refractivity contribution in [2.75, 3.05) is 6.61 Å². The van der Waals surface area contributed by atoms with Gasteiger partial charge in [-0.05, 0) is 37.7 Å². The van der Waals surface area contributed by atoms with Crippen molar-refractivity contribution in [1.82, 2.24) is 0 Å². The number of hydrogen-bond acceptors (Lipinski definition) is 4. The molecule has 4 nitrogen and oxygen atoms in total. The van der Waals surface area contributed by atoms with Crippen molar-refractivity contribution < 1.29 is 19.1 Å². The minimum Gasteiger partial charge on any atom is -0.465 e. The highest BCUT2D eigenvalue weighted by molar-refractivity contribution is 5.70. The summed E-state index contributed by atoms with van der Waals surface area (Å²) >= 11 is 0. The molecule has 0 bridgehead atoms. The molecule has 0 amide bonds. The van der Waals surface area contributed by atoms with Gasteiger partial charge in [-0.15, -0.1) is 0 Å². The zero-order valence-corrected chi connectivity index (χ0v) is 19.4. The zero-order valence-electron chi connectivity index (χ0n) is 19.4. The lowest BCUT2D eigenvalue weighted by Gasteiger charge is -2.19. The Morgan fingerprint density at radius 3 is 2.00 bits per heavy atom. The van der Waals surface area contributed by atoms with Gasteiger partial charge in [-0.1, -0.05) is 78.2 Å². The monoisotopic (exact) mass is 406 g/mol. The fourth-order valence-electron chi connectivity index (χ4n) is 2.87. The Morgan fingerprint density at radius 1 is 0.931 bits per heavy atom. The van der Waals surface area contributed by atoms with E-state index in [0.29, 0.717) is 25.4 Å². The van der Waals surface area contributed by atoms with E-state index < -0.39 is 0 Å². The smallest absolute Gasteiger partial charge is 0.307 e. The van der Waals surface area contributed by atoms with Crippen LogP contribution in [0.5, 0.6) is 0 Å². The van der Waals surface area contributed by atoms with Gasteiger partial charge in [0.15, 0.2) is 6.10 Å². The molecule has 2 unspecified atom stereocenters. The standard InChI is InChI=1S/C25H42O4/c1-7-14-22(6)23(18-17-20(2)3)29-25(27)16-13-11-9-8-10-12-15-24(26)28-19-21(4)5/h21-23H,2,7-16,19H2,1,3-6H3. The van der Waals surface area contributed by atoms with E-state index in [-0.39, 0.29) is 24.0 Å². The number of esters is 2. The summed E-state index contributed by atoms with van der Waals surface area (Å²) in [6.45, 7) is 14.4. The molecule has 0 saturated carbocycles. The maximum absolute atomic E-state index is 12.2. The Morgan fingerprint density at radius 2 is 1.48 bits per heavy atom. The number of allylic oxidation sites excluding steroid dienone is 1. The van der Waals surface area contributed by atoms with E-state index in [1.54, 1.807) is 0 Å². The Balaban J connectivity index is 3.92. The normalized spacial score (nSPS) is 12.6.